The van der Waals surface area contributed by atoms with Crippen LogP contribution in [-0.4, -0.2) is 0 Å². The number of hydrogen-bond donors (Lipinski definition) is 2. The van der Waals surface area contributed by atoms with E-state index < -0.39 is 0 Å². The maximum Gasteiger partial charge on any atom is 0.0178 e. The lowest BCUT2D eigenvalue weighted by molar-refractivity contribution is 1.07. The Balaban J connectivity index is 2.29. The van der Waals surface area contributed by atoms with Crippen molar-refractivity contribution < 1.29 is 0 Å². The first-order valence-corrected chi connectivity index (χ1v) is 6.00. The summed E-state index contributed by atoms with van der Waals surface area (Å²) in [5.74, 6) is 0. The molecule has 0 saturated heterocycles. The van der Waals surface area contributed by atoms with Gasteiger partial charge in [-0.15, -0.1) is 0 Å². The zero-order chi connectivity index (χ0) is 13.0. The van der Waals surface area contributed by atoms with Crippen LogP contribution in [-0.2, 0) is 13.0 Å². The van der Waals surface area contributed by atoms with Gasteiger partial charge in [0.2, 0.25) is 0 Å². The minimum Gasteiger partial charge on any atom is -0.402 e. The third kappa shape index (κ3) is 2.99. The van der Waals surface area contributed by atoms with Crippen molar-refractivity contribution in [2.75, 3.05) is 0 Å². The van der Waals surface area contributed by atoms with Gasteiger partial charge < -0.3 is 11.5 Å². The Morgan fingerprint density at radius 2 is 1.67 bits per heavy atom. The second-order valence-electron chi connectivity index (χ2n) is 4.44. The van der Waals surface area contributed by atoms with Crippen LogP contribution in [0, 0.1) is 0 Å². The van der Waals surface area contributed by atoms with Crippen LogP contribution in [0.1, 0.15) is 11.1 Å². The molecule has 0 atom stereocenters. The average molecular weight is 238 g/mol. The summed E-state index contributed by atoms with van der Waals surface area (Å²) >= 11 is 0. The quantitative estimate of drug-likeness (QED) is 0.860. The Morgan fingerprint density at radius 3 is 2.28 bits per heavy atom. The molecule has 0 spiro atoms. The van der Waals surface area contributed by atoms with Gasteiger partial charge in [0, 0.05) is 18.7 Å². The van der Waals surface area contributed by atoms with Crippen LogP contribution >= 0.6 is 0 Å². The van der Waals surface area contributed by atoms with Crippen molar-refractivity contribution >= 4 is 0 Å². The molecule has 0 heterocycles. The molecule has 2 aromatic rings. The first-order valence-electron chi connectivity index (χ1n) is 6.00. The third-order valence-electron chi connectivity index (χ3n) is 2.88. The molecule has 2 aromatic carbocycles. The predicted octanol–water partition coefficient (Wildman–Crippen LogP) is 2.83. The summed E-state index contributed by atoms with van der Waals surface area (Å²) < 4.78 is 0. The Bertz CT molecular complexity index is 541. The van der Waals surface area contributed by atoms with Crippen LogP contribution in [0.2, 0.25) is 0 Å². The van der Waals surface area contributed by atoms with E-state index in [1.54, 1.807) is 0 Å². The highest BCUT2D eigenvalue weighted by Gasteiger charge is 2.00. The highest BCUT2D eigenvalue weighted by Crippen LogP contribution is 2.21. The van der Waals surface area contributed by atoms with Crippen LogP contribution < -0.4 is 11.5 Å². The number of hydrogen-bond acceptors (Lipinski definition) is 2. The fraction of sp³-hybridized carbons (Fsp3) is 0.125. The van der Waals surface area contributed by atoms with Gasteiger partial charge >= 0.3 is 0 Å². The molecule has 0 aromatic heterocycles. The van der Waals surface area contributed by atoms with Gasteiger partial charge in [-0.05, 0) is 22.3 Å². The van der Waals surface area contributed by atoms with E-state index in [0.717, 1.165) is 5.56 Å². The van der Waals surface area contributed by atoms with Crippen molar-refractivity contribution in [1.82, 2.24) is 0 Å². The maximum absolute atomic E-state index is 5.64. The molecule has 0 amide bonds. The van der Waals surface area contributed by atoms with Gasteiger partial charge in [0.25, 0.3) is 0 Å². The normalized spacial score (nSPS) is 10.3. The van der Waals surface area contributed by atoms with Gasteiger partial charge in [-0.2, -0.15) is 0 Å². The summed E-state index contributed by atoms with van der Waals surface area (Å²) in [4.78, 5) is 0. The Kier molecular flexibility index (Phi) is 3.80. The standard InChI is InChI=1S/C16H18N2/c1-12(18)9-14-3-2-4-16(10-14)15-7-5-13(11-17)6-8-15/h2-8,10H,1,9,11,17-18H2. The van der Waals surface area contributed by atoms with Crippen molar-refractivity contribution in [2.45, 2.75) is 13.0 Å². The molecule has 2 heteroatoms. The van der Waals surface area contributed by atoms with Crippen molar-refractivity contribution in [1.29, 1.82) is 0 Å². The molecule has 18 heavy (non-hydrogen) atoms. The van der Waals surface area contributed by atoms with E-state index in [9.17, 15) is 0 Å². The van der Waals surface area contributed by atoms with Gasteiger partial charge in [-0.3, -0.25) is 0 Å². The van der Waals surface area contributed by atoms with E-state index >= 15 is 0 Å². The van der Waals surface area contributed by atoms with Crippen LogP contribution in [0.4, 0.5) is 0 Å². The zero-order valence-corrected chi connectivity index (χ0v) is 10.4. The predicted molar refractivity (Wildman–Crippen MR) is 76.8 cm³/mol. The van der Waals surface area contributed by atoms with Crippen molar-refractivity contribution in [3.05, 3.63) is 71.9 Å². The Hall–Kier alpha value is -2.06. The third-order valence-corrected chi connectivity index (χ3v) is 2.88. The van der Waals surface area contributed by atoms with E-state index in [4.69, 9.17) is 11.5 Å². The molecule has 4 N–H and O–H groups in total. The largest absolute Gasteiger partial charge is 0.402 e. The van der Waals surface area contributed by atoms with Gasteiger partial charge in [-0.25, -0.2) is 0 Å². The highest BCUT2D eigenvalue weighted by molar-refractivity contribution is 5.64. The fourth-order valence-corrected chi connectivity index (χ4v) is 1.96. The molecular formula is C16H18N2. The molecule has 0 unspecified atom stereocenters. The number of rotatable bonds is 4. The smallest absolute Gasteiger partial charge is 0.0178 e. The SMILES string of the molecule is C=C(N)Cc1cccc(-c2ccc(CN)cc2)c1. The lowest BCUT2D eigenvalue weighted by Crippen LogP contribution is -1.99. The molecule has 92 valence electrons. The average Bonchev–Trinajstić information content (AvgIpc) is 2.38. The van der Waals surface area contributed by atoms with Crippen LogP contribution in [0.3, 0.4) is 0 Å². The molecule has 0 fully saturated rings. The van der Waals surface area contributed by atoms with Gasteiger partial charge in [0.15, 0.2) is 0 Å². The Morgan fingerprint density at radius 1 is 0.944 bits per heavy atom. The summed E-state index contributed by atoms with van der Waals surface area (Å²) in [5, 5.41) is 0. The van der Waals surface area contributed by atoms with Crippen molar-refractivity contribution in [3.8, 4) is 11.1 Å². The molecule has 0 bridgehead atoms. The lowest BCUT2D eigenvalue weighted by atomic mass is 10.0. The van der Waals surface area contributed by atoms with E-state index in [1.165, 1.54) is 16.7 Å². The number of allylic oxidation sites excluding steroid dienone is 1. The minimum absolute atomic E-state index is 0.577. The van der Waals surface area contributed by atoms with Crippen molar-refractivity contribution in [2.24, 2.45) is 11.5 Å². The highest BCUT2D eigenvalue weighted by atomic mass is 14.6. The minimum atomic E-state index is 0.577. The Labute approximate surface area is 108 Å². The summed E-state index contributed by atoms with van der Waals surface area (Å²) in [6.07, 6.45) is 0.717. The topological polar surface area (TPSA) is 52.0 Å². The fourth-order valence-electron chi connectivity index (χ4n) is 1.96. The van der Waals surface area contributed by atoms with Gasteiger partial charge in [0.05, 0.1) is 0 Å². The van der Waals surface area contributed by atoms with E-state index in [1.807, 2.05) is 6.07 Å². The van der Waals surface area contributed by atoms with E-state index in [0.29, 0.717) is 18.7 Å². The second-order valence-corrected chi connectivity index (χ2v) is 4.44. The van der Waals surface area contributed by atoms with Gasteiger partial charge in [-0.1, -0.05) is 55.1 Å². The first-order chi connectivity index (χ1) is 8.69. The summed E-state index contributed by atoms with van der Waals surface area (Å²) in [5.41, 5.74) is 16.6. The molecule has 0 aliphatic rings. The summed E-state index contributed by atoms with van der Waals surface area (Å²) in [6, 6.07) is 16.7. The maximum atomic E-state index is 5.64. The number of benzene rings is 2. The molecule has 0 saturated carbocycles. The lowest BCUT2D eigenvalue weighted by Gasteiger charge is -2.06. The second kappa shape index (κ2) is 5.52. The van der Waals surface area contributed by atoms with Crippen LogP contribution in [0.5, 0.6) is 0 Å². The molecule has 0 radical (unpaired) electrons. The monoisotopic (exact) mass is 238 g/mol. The molecular weight excluding hydrogens is 220 g/mol. The molecule has 0 aliphatic heterocycles. The molecule has 2 nitrogen and oxygen atoms in total. The van der Waals surface area contributed by atoms with Crippen LogP contribution in [0.25, 0.3) is 11.1 Å². The molecule has 2 rings (SSSR count). The summed E-state index contributed by atoms with van der Waals surface area (Å²) in [6.45, 7) is 4.32. The molecule has 0 aliphatic carbocycles. The van der Waals surface area contributed by atoms with E-state index in [2.05, 4.69) is 49.0 Å². The van der Waals surface area contributed by atoms with Crippen molar-refractivity contribution in [3.63, 3.8) is 0 Å². The van der Waals surface area contributed by atoms with E-state index in [-0.39, 0.29) is 0 Å². The summed E-state index contributed by atoms with van der Waals surface area (Å²) in [7, 11) is 0. The number of nitrogens with two attached hydrogens (primary N) is 2. The first kappa shape index (κ1) is 12.4. The zero-order valence-electron chi connectivity index (χ0n) is 10.4. The van der Waals surface area contributed by atoms with Crippen LogP contribution in [0.15, 0.2) is 60.8 Å². The van der Waals surface area contributed by atoms with Gasteiger partial charge in [0.1, 0.15) is 0 Å².